The first kappa shape index (κ1) is 29.5. The number of benzene rings is 2. The summed E-state index contributed by atoms with van der Waals surface area (Å²) in [4.78, 5) is 28.7. The van der Waals surface area contributed by atoms with Crippen LogP contribution in [0, 0.1) is 19.7 Å². The van der Waals surface area contributed by atoms with E-state index in [-0.39, 0.29) is 5.82 Å². The molecule has 0 radical (unpaired) electrons. The fourth-order valence-corrected chi connectivity index (χ4v) is 6.13. The van der Waals surface area contributed by atoms with Crippen molar-refractivity contribution < 1.29 is 18.5 Å². The molecule has 0 saturated heterocycles. The lowest BCUT2D eigenvalue weighted by atomic mass is 10.00. The van der Waals surface area contributed by atoms with Gasteiger partial charge in [-0.3, -0.25) is 0 Å². The van der Waals surface area contributed by atoms with Crippen LogP contribution in [0.25, 0.3) is 17.2 Å². The van der Waals surface area contributed by atoms with Crippen LogP contribution in [0.3, 0.4) is 0 Å². The number of rotatable bonds is 4. The van der Waals surface area contributed by atoms with Gasteiger partial charge in [-0.05, 0) is 102 Å². The molecule has 0 spiro atoms. The molecule has 222 valence electrons. The second-order valence-electron chi connectivity index (χ2n) is 12.2. The van der Waals surface area contributed by atoms with E-state index >= 15 is 0 Å². The summed E-state index contributed by atoms with van der Waals surface area (Å²) in [5, 5.41) is 9.96. The summed E-state index contributed by atoms with van der Waals surface area (Å²) in [5.41, 5.74) is 2.25. The number of carbonyl (C=O) groups excluding carboxylic acids is 1. The highest BCUT2D eigenvalue weighted by molar-refractivity contribution is 7.70. The third-order valence-electron chi connectivity index (χ3n) is 7.36. The van der Waals surface area contributed by atoms with Crippen LogP contribution in [-0.4, -0.2) is 60.6 Å². The van der Waals surface area contributed by atoms with Crippen molar-refractivity contribution in [3.63, 3.8) is 0 Å². The van der Waals surface area contributed by atoms with E-state index in [1.807, 2.05) is 27.7 Å². The van der Waals surface area contributed by atoms with Gasteiger partial charge < -0.3 is 14.2 Å². The van der Waals surface area contributed by atoms with E-state index in [1.54, 1.807) is 73.2 Å². The smallest absolute Gasteiger partial charge is 0.410 e. The van der Waals surface area contributed by atoms with Gasteiger partial charge in [0.1, 0.15) is 24.9 Å². The summed E-state index contributed by atoms with van der Waals surface area (Å²) in [6.45, 7) is 14.4. The molecular weight excluding hydrogens is 558 g/mol. The molecule has 0 unspecified atom stereocenters. The van der Waals surface area contributed by atoms with Crippen molar-refractivity contribution in [2.24, 2.45) is 0 Å². The maximum atomic E-state index is 14.6. The van der Waals surface area contributed by atoms with E-state index < -0.39 is 30.6 Å². The molecule has 42 heavy (non-hydrogen) atoms. The van der Waals surface area contributed by atoms with Crippen LogP contribution in [0.5, 0.6) is 0 Å². The minimum Gasteiger partial charge on any atom is -0.444 e. The summed E-state index contributed by atoms with van der Waals surface area (Å²) >= 11 is 0. The second-order valence-corrected chi connectivity index (χ2v) is 15.4. The van der Waals surface area contributed by atoms with Crippen LogP contribution in [0.4, 0.5) is 9.18 Å². The van der Waals surface area contributed by atoms with Crippen molar-refractivity contribution in [1.29, 1.82) is 0 Å². The molecule has 1 aliphatic heterocycles. The lowest BCUT2D eigenvalue weighted by Gasteiger charge is -2.34. The third kappa shape index (κ3) is 5.33. The average Bonchev–Trinajstić information content (AvgIpc) is 3.46. The summed E-state index contributed by atoms with van der Waals surface area (Å²) in [6, 6.07) is 9.77. The van der Waals surface area contributed by atoms with Crippen LogP contribution < -0.4 is 11.0 Å². The van der Waals surface area contributed by atoms with E-state index in [4.69, 9.17) is 9.84 Å². The molecule has 1 amide bonds. The van der Waals surface area contributed by atoms with Gasteiger partial charge in [-0.25, -0.2) is 23.2 Å². The zero-order chi connectivity index (χ0) is 30.7. The Labute approximate surface area is 244 Å². The van der Waals surface area contributed by atoms with Crippen LogP contribution in [-0.2, 0) is 15.7 Å². The minimum absolute atomic E-state index is 0.307. The SMILES string of the molecule is Cc1cc(-n2nc3c(c2-n2cnn(-c4ccc(P(C)(C)=O)cc4)c2=O)[C@H](C)N(C(=O)OC(C)(C)C)CC3)cc(C)c1F. The van der Waals surface area contributed by atoms with Gasteiger partial charge in [-0.2, -0.15) is 14.9 Å². The number of hydrogen-bond donors (Lipinski definition) is 0. The zero-order valence-electron chi connectivity index (χ0n) is 25.2. The molecule has 0 N–H and O–H groups in total. The highest BCUT2D eigenvalue weighted by Gasteiger charge is 2.37. The fraction of sp³-hybridized carbons (Fsp3) is 0.400. The van der Waals surface area contributed by atoms with Gasteiger partial charge in [-0.15, -0.1) is 0 Å². The van der Waals surface area contributed by atoms with Gasteiger partial charge >= 0.3 is 11.8 Å². The quantitative estimate of drug-likeness (QED) is 0.306. The Bertz CT molecular complexity index is 1770. The number of halogens is 1. The van der Waals surface area contributed by atoms with E-state index in [1.165, 1.54) is 15.6 Å². The molecule has 2 aromatic carbocycles. The van der Waals surface area contributed by atoms with Crippen molar-refractivity contribution in [3.05, 3.63) is 81.4 Å². The fourth-order valence-electron chi connectivity index (χ4n) is 5.26. The maximum absolute atomic E-state index is 14.6. The van der Waals surface area contributed by atoms with E-state index in [2.05, 4.69) is 5.10 Å². The van der Waals surface area contributed by atoms with E-state index in [0.717, 1.165) is 5.69 Å². The first-order valence-corrected chi connectivity index (χ1v) is 16.4. The van der Waals surface area contributed by atoms with Crippen LogP contribution in [0.1, 0.15) is 56.1 Å². The lowest BCUT2D eigenvalue weighted by molar-refractivity contribution is 0.0159. The molecule has 0 saturated carbocycles. The van der Waals surface area contributed by atoms with Crippen molar-refractivity contribution in [2.75, 3.05) is 19.9 Å². The largest absolute Gasteiger partial charge is 0.444 e. The predicted octanol–water partition coefficient (Wildman–Crippen LogP) is 5.07. The van der Waals surface area contributed by atoms with Crippen LogP contribution in [0.2, 0.25) is 0 Å². The zero-order valence-corrected chi connectivity index (χ0v) is 26.1. The monoisotopic (exact) mass is 594 g/mol. The Morgan fingerprint density at radius 3 is 2.24 bits per heavy atom. The summed E-state index contributed by atoms with van der Waals surface area (Å²) in [7, 11) is -2.47. The third-order valence-corrected chi connectivity index (χ3v) is 8.90. The predicted molar refractivity (Wildman–Crippen MR) is 160 cm³/mol. The van der Waals surface area contributed by atoms with Crippen molar-refractivity contribution in [2.45, 2.75) is 59.6 Å². The molecule has 0 aliphatic carbocycles. The molecule has 1 aliphatic rings. The number of nitrogens with zero attached hydrogens (tertiary/aromatic N) is 6. The van der Waals surface area contributed by atoms with E-state index in [9.17, 15) is 18.5 Å². The first-order valence-electron chi connectivity index (χ1n) is 13.8. The Morgan fingerprint density at radius 2 is 1.67 bits per heavy atom. The lowest BCUT2D eigenvalue weighted by Crippen LogP contribution is -2.42. The summed E-state index contributed by atoms with van der Waals surface area (Å²) < 4.78 is 37.0. The molecule has 1 atom stereocenters. The van der Waals surface area contributed by atoms with Gasteiger partial charge in [0, 0.05) is 23.8 Å². The Morgan fingerprint density at radius 1 is 1.05 bits per heavy atom. The highest BCUT2D eigenvalue weighted by atomic mass is 31.2. The normalized spacial score (nSPS) is 15.5. The number of aryl methyl sites for hydroxylation is 2. The van der Waals surface area contributed by atoms with Crippen molar-refractivity contribution >= 4 is 18.5 Å². The first-order chi connectivity index (χ1) is 19.6. The van der Waals surface area contributed by atoms with Crippen molar-refractivity contribution in [1.82, 2.24) is 29.0 Å². The highest BCUT2D eigenvalue weighted by Crippen LogP contribution is 2.37. The topological polar surface area (TPSA) is 104 Å². The van der Waals surface area contributed by atoms with E-state index in [0.29, 0.717) is 52.2 Å². The molecule has 3 heterocycles. The standard InChI is InChI=1S/C30H36FN6O4P/c1-18-15-22(16-19(2)26(18)31)36-27(25-20(3)34(14-13-24(25)33-36)29(39)41-30(4,5)6)35-17-32-37(28(35)38)21-9-11-23(12-10-21)42(7,8)40/h9-12,15-17,20H,13-14H2,1-8H3/t20-/m0/s1. The Balaban J connectivity index is 1.69. The number of hydrogen-bond acceptors (Lipinski definition) is 6. The number of carbonyl (C=O) groups is 1. The number of amides is 1. The maximum Gasteiger partial charge on any atom is 0.410 e. The second kappa shape index (κ2) is 10.4. The molecular formula is C30H36FN6O4P. The summed E-state index contributed by atoms with van der Waals surface area (Å²) in [5.74, 6) is 0.106. The van der Waals surface area contributed by atoms with Crippen LogP contribution in [0.15, 0.2) is 47.5 Å². The van der Waals surface area contributed by atoms with Gasteiger partial charge in [-0.1, -0.05) is 0 Å². The Kier molecular flexibility index (Phi) is 7.29. The molecule has 5 rings (SSSR count). The van der Waals surface area contributed by atoms with Crippen LogP contribution >= 0.6 is 7.14 Å². The summed E-state index contributed by atoms with van der Waals surface area (Å²) in [6.07, 6.45) is 1.40. The van der Waals surface area contributed by atoms with Crippen molar-refractivity contribution in [3.8, 4) is 17.2 Å². The van der Waals surface area contributed by atoms with Gasteiger partial charge in [0.25, 0.3) is 0 Å². The van der Waals surface area contributed by atoms with Gasteiger partial charge in [0.15, 0.2) is 5.82 Å². The molecule has 10 nitrogen and oxygen atoms in total. The number of aromatic nitrogens is 5. The number of fused-ring (bicyclic) bond motifs is 1. The molecule has 0 bridgehead atoms. The molecule has 4 aromatic rings. The minimum atomic E-state index is -2.47. The molecule has 2 aromatic heterocycles. The van der Waals surface area contributed by atoms with Gasteiger partial charge in [0.2, 0.25) is 0 Å². The average molecular weight is 595 g/mol. The number of ether oxygens (including phenoxy) is 1. The molecule has 0 fully saturated rings. The Hall–Kier alpha value is -3.98. The molecule has 12 heteroatoms. The van der Waals surface area contributed by atoms with Gasteiger partial charge in [0.05, 0.1) is 23.1 Å².